The van der Waals surface area contributed by atoms with Gasteiger partial charge in [0.25, 0.3) is 0 Å². The monoisotopic (exact) mass is 425 g/mol. The summed E-state index contributed by atoms with van der Waals surface area (Å²) in [6.07, 6.45) is 0. The number of nitrogens with zero attached hydrogens (tertiary/aromatic N) is 1. The maximum atomic E-state index is 13.1. The Morgan fingerprint density at radius 3 is 2.73 bits per heavy atom. The Labute approximate surface area is 148 Å². The van der Waals surface area contributed by atoms with Crippen LogP contribution < -0.4 is 10.6 Å². The van der Waals surface area contributed by atoms with Gasteiger partial charge >= 0.3 is 0 Å². The van der Waals surface area contributed by atoms with Crippen molar-refractivity contribution in [2.75, 3.05) is 40.0 Å². The van der Waals surface area contributed by atoms with Gasteiger partial charge in [0, 0.05) is 20.2 Å². The minimum atomic E-state index is -0.243. The van der Waals surface area contributed by atoms with Crippen molar-refractivity contribution < 1.29 is 13.9 Å². The highest BCUT2D eigenvalue weighted by Crippen LogP contribution is 2.04. The third-order valence-corrected chi connectivity index (χ3v) is 2.62. The molecule has 0 heterocycles. The quantitative estimate of drug-likeness (QED) is 0.276. The van der Waals surface area contributed by atoms with E-state index < -0.39 is 0 Å². The van der Waals surface area contributed by atoms with Crippen molar-refractivity contribution in [1.82, 2.24) is 10.6 Å². The zero-order chi connectivity index (χ0) is 15.3. The van der Waals surface area contributed by atoms with Gasteiger partial charge in [0.15, 0.2) is 5.96 Å². The summed E-state index contributed by atoms with van der Waals surface area (Å²) in [6, 6.07) is 6.45. The first-order valence-electron chi connectivity index (χ1n) is 7.09. The van der Waals surface area contributed by atoms with E-state index in [2.05, 4.69) is 15.6 Å². The van der Waals surface area contributed by atoms with Crippen LogP contribution >= 0.6 is 24.0 Å². The number of rotatable bonds is 9. The second-order valence-electron chi connectivity index (χ2n) is 4.36. The molecule has 0 aromatic heterocycles. The molecule has 126 valence electrons. The molecule has 0 radical (unpaired) electrons. The molecule has 0 aliphatic rings. The molecule has 5 nitrogen and oxygen atoms in total. The van der Waals surface area contributed by atoms with Gasteiger partial charge in [0.2, 0.25) is 0 Å². The number of nitrogens with one attached hydrogen (secondary N) is 2. The molecule has 0 aliphatic carbocycles. The highest BCUT2D eigenvalue weighted by molar-refractivity contribution is 14.0. The third-order valence-electron chi connectivity index (χ3n) is 2.62. The minimum Gasteiger partial charge on any atom is -0.382 e. The number of aliphatic imine (C=N–C) groups is 1. The number of hydrogen-bond acceptors (Lipinski definition) is 3. The summed E-state index contributed by atoms with van der Waals surface area (Å²) in [4.78, 5) is 4.41. The highest BCUT2D eigenvalue weighted by atomic mass is 127. The molecule has 1 aromatic carbocycles. The maximum Gasteiger partial charge on any atom is 0.191 e. The molecule has 0 aliphatic heterocycles. The summed E-state index contributed by atoms with van der Waals surface area (Å²) in [5.74, 6) is 0.448. The zero-order valence-corrected chi connectivity index (χ0v) is 15.4. The Morgan fingerprint density at radius 2 is 2.05 bits per heavy atom. The topological polar surface area (TPSA) is 54.9 Å². The van der Waals surface area contributed by atoms with Crippen LogP contribution in [0, 0.1) is 5.82 Å². The molecule has 1 aromatic rings. The van der Waals surface area contributed by atoms with Crippen molar-refractivity contribution in [1.29, 1.82) is 0 Å². The van der Waals surface area contributed by atoms with E-state index in [1.807, 2.05) is 13.0 Å². The zero-order valence-electron chi connectivity index (χ0n) is 13.1. The Bertz CT molecular complexity index is 433. The number of benzene rings is 1. The van der Waals surface area contributed by atoms with Gasteiger partial charge in [0.1, 0.15) is 5.82 Å². The SMILES string of the molecule is CCNC(=NCc1cccc(F)c1)NCCOCCOC.I. The first kappa shape index (κ1) is 21.1. The average molecular weight is 425 g/mol. The van der Waals surface area contributed by atoms with Crippen molar-refractivity contribution in [2.24, 2.45) is 4.99 Å². The molecular weight excluding hydrogens is 400 g/mol. The fourth-order valence-electron chi connectivity index (χ4n) is 1.63. The van der Waals surface area contributed by atoms with Crippen LogP contribution in [0.1, 0.15) is 12.5 Å². The van der Waals surface area contributed by atoms with Crippen LogP contribution in [-0.4, -0.2) is 46.0 Å². The van der Waals surface area contributed by atoms with Gasteiger partial charge in [-0.2, -0.15) is 0 Å². The minimum absolute atomic E-state index is 0. The normalized spacial score (nSPS) is 11.0. The van der Waals surface area contributed by atoms with Gasteiger partial charge in [-0.15, -0.1) is 24.0 Å². The van der Waals surface area contributed by atoms with E-state index in [4.69, 9.17) is 9.47 Å². The summed E-state index contributed by atoms with van der Waals surface area (Å²) in [5, 5.41) is 6.30. The lowest BCUT2D eigenvalue weighted by atomic mass is 10.2. The standard InChI is InChI=1S/C15H24FN3O2.HI/c1-3-17-15(18-7-8-21-10-9-20-2)19-12-13-5-4-6-14(16)11-13;/h4-6,11H,3,7-10,12H2,1-2H3,(H2,17,18,19);1H. The fraction of sp³-hybridized carbons (Fsp3) is 0.533. The van der Waals surface area contributed by atoms with Crippen LogP contribution in [-0.2, 0) is 16.0 Å². The molecule has 0 fully saturated rings. The molecule has 0 saturated carbocycles. The van der Waals surface area contributed by atoms with Crippen LogP contribution in [0.5, 0.6) is 0 Å². The van der Waals surface area contributed by atoms with Crippen molar-refractivity contribution in [3.8, 4) is 0 Å². The van der Waals surface area contributed by atoms with E-state index in [-0.39, 0.29) is 29.8 Å². The smallest absolute Gasteiger partial charge is 0.191 e. The molecule has 0 saturated heterocycles. The molecule has 0 amide bonds. The Balaban J connectivity index is 0.00000441. The van der Waals surface area contributed by atoms with E-state index in [0.717, 1.165) is 12.1 Å². The van der Waals surface area contributed by atoms with Gasteiger partial charge in [-0.3, -0.25) is 0 Å². The molecule has 7 heteroatoms. The molecule has 0 atom stereocenters. The lowest BCUT2D eigenvalue weighted by molar-refractivity contribution is 0.0733. The Kier molecular flexibility index (Phi) is 13.1. The van der Waals surface area contributed by atoms with Crippen LogP contribution in [0.15, 0.2) is 29.3 Å². The summed E-state index contributed by atoms with van der Waals surface area (Å²) >= 11 is 0. The number of methoxy groups -OCH3 is 1. The number of ether oxygens (including phenoxy) is 2. The van der Waals surface area contributed by atoms with E-state index in [1.165, 1.54) is 12.1 Å². The van der Waals surface area contributed by atoms with Gasteiger partial charge in [0.05, 0.1) is 26.4 Å². The second-order valence-corrected chi connectivity index (χ2v) is 4.36. The largest absolute Gasteiger partial charge is 0.382 e. The van der Waals surface area contributed by atoms with E-state index >= 15 is 0 Å². The van der Waals surface area contributed by atoms with E-state index in [1.54, 1.807) is 13.2 Å². The molecule has 22 heavy (non-hydrogen) atoms. The molecule has 1 rings (SSSR count). The first-order valence-corrected chi connectivity index (χ1v) is 7.09. The van der Waals surface area contributed by atoms with E-state index in [9.17, 15) is 4.39 Å². The average Bonchev–Trinajstić information content (AvgIpc) is 2.48. The van der Waals surface area contributed by atoms with Gasteiger partial charge in [-0.05, 0) is 24.6 Å². The maximum absolute atomic E-state index is 13.1. The summed E-state index contributed by atoms with van der Waals surface area (Å²) in [7, 11) is 1.64. The lowest BCUT2D eigenvalue weighted by Gasteiger charge is -2.11. The third kappa shape index (κ3) is 9.91. The second kappa shape index (κ2) is 13.7. The van der Waals surface area contributed by atoms with Crippen LogP contribution in [0.3, 0.4) is 0 Å². The van der Waals surface area contributed by atoms with Crippen LogP contribution in [0.2, 0.25) is 0 Å². The summed E-state index contributed by atoms with van der Waals surface area (Å²) < 4.78 is 23.3. The molecular formula is C15H25FIN3O2. The van der Waals surface area contributed by atoms with E-state index in [0.29, 0.717) is 38.9 Å². The predicted octanol–water partition coefficient (Wildman–Crippen LogP) is 2.16. The Hall–Kier alpha value is -0.930. The summed E-state index contributed by atoms with van der Waals surface area (Å²) in [5.41, 5.74) is 0.837. The van der Waals surface area contributed by atoms with Crippen molar-refractivity contribution in [3.63, 3.8) is 0 Å². The van der Waals surface area contributed by atoms with Crippen LogP contribution in [0.25, 0.3) is 0 Å². The van der Waals surface area contributed by atoms with Crippen LogP contribution in [0.4, 0.5) is 4.39 Å². The van der Waals surface area contributed by atoms with Gasteiger partial charge < -0.3 is 20.1 Å². The highest BCUT2D eigenvalue weighted by Gasteiger charge is 1.98. The molecule has 2 N–H and O–H groups in total. The van der Waals surface area contributed by atoms with Crippen molar-refractivity contribution in [3.05, 3.63) is 35.6 Å². The molecule has 0 spiro atoms. The number of guanidine groups is 1. The molecule has 0 unspecified atom stereocenters. The van der Waals surface area contributed by atoms with Gasteiger partial charge in [-0.25, -0.2) is 9.38 Å². The summed E-state index contributed by atoms with van der Waals surface area (Å²) in [6.45, 7) is 5.58. The fourth-order valence-corrected chi connectivity index (χ4v) is 1.63. The predicted molar refractivity (Wildman–Crippen MR) is 97.3 cm³/mol. The number of hydrogen-bond donors (Lipinski definition) is 2. The Morgan fingerprint density at radius 1 is 1.23 bits per heavy atom. The number of halogens is 2. The first-order chi connectivity index (χ1) is 10.3. The lowest BCUT2D eigenvalue weighted by Crippen LogP contribution is -2.39. The van der Waals surface area contributed by atoms with Crippen molar-refractivity contribution >= 4 is 29.9 Å². The molecule has 0 bridgehead atoms. The van der Waals surface area contributed by atoms with Gasteiger partial charge in [-0.1, -0.05) is 12.1 Å². The van der Waals surface area contributed by atoms with Crippen molar-refractivity contribution in [2.45, 2.75) is 13.5 Å².